The maximum absolute atomic E-state index is 14.0. The molecule has 2 aromatic carbocycles. The Hall–Kier alpha value is -4.85. The first kappa shape index (κ1) is 29.1. The number of carbonyl (C=O) groups excluding carboxylic acids is 2. The molecule has 14 heteroatoms. The normalized spacial score (nSPS) is 14.1. The van der Waals surface area contributed by atoms with Crippen LogP contribution in [0.15, 0.2) is 67.0 Å². The Morgan fingerprint density at radius 3 is 2.41 bits per heavy atom. The van der Waals surface area contributed by atoms with Crippen LogP contribution in [0.4, 0.5) is 42.0 Å². The number of para-hydroxylation sites is 1. The zero-order valence-corrected chi connectivity index (χ0v) is 22.3. The van der Waals surface area contributed by atoms with E-state index in [4.69, 9.17) is 15.3 Å². The molecule has 216 valence electrons. The molecule has 0 bridgehead atoms. The van der Waals surface area contributed by atoms with E-state index < -0.39 is 23.5 Å². The van der Waals surface area contributed by atoms with E-state index in [0.29, 0.717) is 49.5 Å². The van der Waals surface area contributed by atoms with E-state index in [1.54, 1.807) is 47.5 Å². The number of amides is 1. The summed E-state index contributed by atoms with van der Waals surface area (Å²) in [5.41, 5.74) is 5.68. The maximum Gasteiger partial charge on any atom is 0.421 e. The van der Waals surface area contributed by atoms with Crippen LogP contribution in [0.5, 0.6) is 5.75 Å². The molecule has 1 amide bonds. The van der Waals surface area contributed by atoms with Crippen molar-refractivity contribution in [3.05, 3.63) is 72.6 Å². The van der Waals surface area contributed by atoms with Gasteiger partial charge in [0.15, 0.2) is 5.82 Å². The molecule has 1 aromatic heterocycles. The highest BCUT2D eigenvalue weighted by Gasteiger charge is 2.37. The molecular formula is C27H28F3N7O4. The number of aromatic nitrogens is 2. The molecule has 1 aliphatic heterocycles. The lowest BCUT2D eigenvalue weighted by Crippen LogP contribution is -2.46. The summed E-state index contributed by atoms with van der Waals surface area (Å²) < 4.78 is 47.6. The Balaban J connectivity index is 1.64. The number of ether oxygens (including phenoxy) is 1. The first-order valence-electron chi connectivity index (χ1n) is 12.4. The van der Waals surface area contributed by atoms with Gasteiger partial charge in [0.25, 0.3) is 0 Å². The van der Waals surface area contributed by atoms with E-state index in [1.165, 1.54) is 14.0 Å². The number of nitrogens with one attached hydrogen (secondary N) is 1. The Bertz CT molecular complexity index is 1410. The number of alkyl halides is 3. The van der Waals surface area contributed by atoms with Crippen molar-refractivity contribution in [2.45, 2.75) is 13.1 Å². The summed E-state index contributed by atoms with van der Waals surface area (Å²) in [6, 6.07) is 13.4. The van der Waals surface area contributed by atoms with Gasteiger partial charge in [-0.3, -0.25) is 9.59 Å². The highest BCUT2D eigenvalue weighted by molar-refractivity contribution is 5.87. The molecule has 1 fully saturated rings. The molecule has 0 spiro atoms. The second kappa shape index (κ2) is 12.6. The zero-order valence-electron chi connectivity index (χ0n) is 22.3. The average molecular weight is 572 g/mol. The zero-order chi connectivity index (χ0) is 29.6. The van der Waals surface area contributed by atoms with Gasteiger partial charge in [0.2, 0.25) is 11.9 Å². The van der Waals surface area contributed by atoms with E-state index in [1.807, 2.05) is 6.07 Å². The Morgan fingerprint density at radius 2 is 1.80 bits per heavy atom. The molecule has 0 atom stereocenters. The van der Waals surface area contributed by atoms with Gasteiger partial charge in [-0.1, -0.05) is 18.2 Å². The van der Waals surface area contributed by atoms with Gasteiger partial charge in [-0.25, -0.2) is 4.98 Å². The predicted molar refractivity (Wildman–Crippen MR) is 146 cm³/mol. The molecule has 0 saturated carbocycles. The lowest BCUT2D eigenvalue weighted by molar-refractivity contribution is -0.188. The number of hydroxylamine groups is 2. The Labute approximate surface area is 233 Å². The number of nitrogens with zero attached hydrogens (tertiary/aromatic N) is 5. The van der Waals surface area contributed by atoms with Crippen LogP contribution in [0.2, 0.25) is 0 Å². The van der Waals surface area contributed by atoms with Gasteiger partial charge in [0.1, 0.15) is 11.3 Å². The smallest absolute Gasteiger partial charge is 0.421 e. The molecule has 41 heavy (non-hydrogen) atoms. The SMILES string of the molecule is COc1cc(N2CCN(OC(C)=O)CC2)ccc1Nc1ncc(C(F)(F)F)c(N(C=CC(N)=O)c2ccccc2)n1. The summed E-state index contributed by atoms with van der Waals surface area (Å²) in [4.78, 5) is 39.0. The summed E-state index contributed by atoms with van der Waals surface area (Å²) in [5, 5.41) is 4.53. The third-order valence-electron chi connectivity index (χ3n) is 6.02. The summed E-state index contributed by atoms with van der Waals surface area (Å²) in [6.07, 6.45) is -2.06. The van der Waals surface area contributed by atoms with Crippen molar-refractivity contribution >= 4 is 40.7 Å². The molecule has 0 unspecified atom stereocenters. The van der Waals surface area contributed by atoms with Crippen molar-refractivity contribution in [2.24, 2.45) is 5.73 Å². The van der Waals surface area contributed by atoms with E-state index in [0.717, 1.165) is 22.9 Å². The predicted octanol–water partition coefficient (Wildman–Crippen LogP) is 3.98. The number of primary amides is 1. The van der Waals surface area contributed by atoms with Gasteiger partial charge in [-0.05, 0) is 24.3 Å². The monoisotopic (exact) mass is 571 g/mol. The number of rotatable bonds is 9. The number of hydrogen-bond donors (Lipinski definition) is 2. The second-order valence-electron chi connectivity index (χ2n) is 8.86. The van der Waals surface area contributed by atoms with Crippen LogP contribution in [0, 0.1) is 0 Å². The molecule has 2 heterocycles. The lowest BCUT2D eigenvalue weighted by atomic mass is 10.2. The van der Waals surface area contributed by atoms with Gasteiger partial charge in [0.05, 0.1) is 25.9 Å². The number of benzene rings is 2. The van der Waals surface area contributed by atoms with Crippen LogP contribution >= 0.6 is 0 Å². The van der Waals surface area contributed by atoms with E-state index >= 15 is 0 Å². The van der Waals surface area contributed by atoms with E-state index in [2.05, 4.69) is 20.2 Å². The molecule has 4 rings (SSSR count). The quantitative estimate of drug-likeness (QED) is 0.364. The molecule has 1 aliphatic rings. The number of halogens is 3. The Kier molecular flexibility index (Phi) is 8.92. The third-order valence-corrected chi connectivity index (χ3v) is 6.02. The fourth-order valence-corrected chi connectivity index (χ4v) is 4.15. The summed E-state index contributed by atoms with van der Waals surface area (Å²) in [5.74, 6) is -1.46. The fraction of sp³-hybridized carbons (Fsp3) is 0.259. The molecule has 1 saturated heterocycles. The average Bonchev–Trinajstić information content (AvgIpc) is 2.93. The number of nitrogens with two attached hydrogens (primary N) is 1. The number of hydrogen-bond acceptors (Lipinski definition) is 10. The molecule has 3 N–H and O–H groups in total. The Morgan fingerprint density at radius 1 is 1.10 bits per heavy atom. The highest BCUT2D eigenvalue weighted by Crippen LogP contribution is 2.39. The largest absolute Gasteiger partial charge is 0.494 e. The second-order valence-corrected chi connectivity index (χ2v) is 8.86. The van der Waals surface area contributed by atoms with Crippen LogP contribution in [0.3, 0.4) is 0 Å². The minimum Gasteiger partial charge on any atom is -0.494 e. The van der Waals surface area contributed by atoms with Gasteiger partial charge in [-0.2, -0.15) is 18.2 Å². The van der Waals surface area contributed by atoms with Crippen molar-refractivity contribution < 1.29 is 32.3 Å². The van der Waals surface area contributed by atoms with Crippen molar-refractivity contribution in [3.8, 4) is 5.75 Å². The fourth-order valence-electron chi connectivity index (χ4n) is 4.15. The molecule has 0 radical (unpaired) electrons. The van der Waals surface area contributed by atoms with Crippen LogP contribution < -0.4 is 25.6 Å². The molecule has 0 aliphatic carbocycles. The number of piperazine rings is 1. The minimum atomic E-state index is -4.79. The van der Waals surface area contributed by atoms with Gasteiger partial charge in [-0.15, -0.1) is 5.06 Å². The van der Waals surface area contributed by atoms with Crippen molar-refractivity contribution in [1.82, 2.24) is 15.0 Å². The summed E-state index contributed by atoms with van der Waals surface area (Å²) in [7, 11) is 1.47. The molecule has 11 nitrogen and oxygen atoms in total. The highest BCUT2D eigenvalue weighted by atomic mass is 19.4. The van der Waals surface area contributed by atoms with Gasteiger partial charge < -0.3 is 30.4 Å². The van der Waals surface area contributed by atoms with Gasteiger partial charge >= 0.3 is 12.1 Å². The maximum atomic E-state index is 14.0. The standard InChI is InChI=1S/C27H28F3N7O4/c1-18(38)41-36-14-12-35(13-15-36)20-8-9-22(23(16-20)40-2)33-26-32-17-21(27(28,29)30)25(34-26)37(11-10-24(31)39)19-6-4-3-5-7-19/h3-11,16-17H,12-15H2,1-2H3,(H2,31,39)(H,32,33,34). The van der Waals surface area contributed by atoms with Gasteiger partial charge in [0, 0.05) is 55.9 Å². The lowest BCUT2D eigenvalue weighted by Gasteiger charge is -2.34. The summed E-state index contributed by atoms with van der Waals surface area (Å²) in [6.45, 7) is 3.59. The van der Waals surface area contributed by atoms with Crippen LogP contribution in [-0.4, -0.2) is 60.2 Å². The van der Waals surface area contributed by atoms with E-state index in [9.17, 15) is 22.8 Å². The molecular weight excluding hydrogens is 543 g/mol. The van der Waals surface area contributed by atoms with Crippen LogP contribution in [0.1, 0.15) is 12.5 Å². The van der Waals surface area contributed by atoms with Crippen molar-refractivity contribution in [2.75, 3.05) is 48.4 Å². The molecule has 3 aromatic rings. The van der Waals surface area contributed by atoms with Crippen LogP contribution in [0.25, 0.3) is 0 Å². The topological polar surface area (TPSA) is 126 Å². The third kappa shape index (κ3) is 7.42. The van der Waals surface area contributed by atoms with E-state index in [-0.39, 0.29) is 11.9 Å². The summed E-state index contributed by atoms with van der Waals surface area (Å²) >= 11 is 0. The van der Waals surface area contributed by atoms with Crippen LogP contribution in [-0.2, 0) is 20.6 Å². The first-order valence-corrected chi connectivity index (χ1v) is 12.4. The van der Waals surface area contributed by atoms with Crippen molar-refractivity contribution in [3.63, 3.8) is 0 Å². The number of carbonyl (C=O) groups is 2. The number of methoxy groups -OCH3 is 1. The minimum absolute atomic E-state index is 0.137. The van der Waals surface area contributed by atoms with Crippen molar-refractivity contribution in [1.29, 1.82) is 0 Å². The number of anilines is 5. The first-order chi connectivity index (χ1) is 19.5.